The lowest BCUT2D eigenvalue weighted by Gasteiger charge is -2.78. The van der Waals surface area contributed by atoms with Crippen LogP contribution in [0.2, 0.25) is 0 Å². The molecule has 0 fully saturated rings. The van der Waals surface area contributed by atoms with Crippen LogP contribution in [-0.2, 0) is 19.1 Å². The Morgan fingerprint density at radius 1 is 0.307 bits per heavy atom. The van der Waals surface area contributed by atoms with Crippen molar-refractivity contribution < 1.29 is 29.0 Å². The zero-order valence-electron chi connectivity index (χ0n) is 81.8. The van der Waals surface area contributed by atoms with Gasteiger partial charge in [0, 0.05) is 37.5 Å². The Kier molecular flexibility index (Phi) is 69.5. The Morgan fingerprint density at radius 2 is 0.579 bits per heavy atom. The lowest BCUT2D eigenvalue weighted by molar-refractivity contribution is -0.306. The number of amides is 1. The van der Waals surface area contributed by atoms with E-state index < -0.39 is 33.4 Å². The van der Waals surface area contributed by atoms with Gasteiger partial charge in [-0.3, -0.25) is 14.5 Å². The molecule has 0 saturated heterocycles. The largest absolute Gasteiger partial charge is 0.481 e. The SMILES string of the molecule is CCCCCCCCC(CC)OC(=O)CCCCCCCN(CCCN(C)C(=O)OC(C)(C)C)C(CCC)(C(C)CCCCCCCC)C(C(C)CCCCCCCC)(C(C)CCCCCCCC)C(C(C)CCCCCCCC)(C(C)CCCCCCCC)C(C(=O)O)(C(C)CCCCCCCC)C(C)CCCCCCCC. The summed E-state index contributed by atoms with van der Waals surface area (Å²) in [4.78, 5) is 51.1. The lowest BCUT2D eigenvalue weighted by atomic mass is 9.27. The molecule has 9 atom stereocenters. The molecule has 114 heavy (non-hydrogen) atoms. The van der Waals surface area contributed by atoms with Crippen LogP contribution in [0.3, 0.4) is 0 Å². The van der Waals surface area contributed by atoms with Crippen molar-refractivity contribution in [3.63, 3.8) is 0 Å². The van der Waals surface area contributed by atoms with Crippen LogP contribution in [0.1, 0.15) is 562 Å². The molecule has 0 aliphatic rings. The Labute approximate surface area is 716 Å². The molecule has 0 saturated carbocycles. The van der Waals surface area contributed by atoms with Crippen LogP contribution in [0, 0.1) is 57.7 Å². The molecule has 0 aliphatic carbocycles. The number of aliphatic carboxylic acids is 1. The van der Waals surface area contributed by atoms with Gasteiger partial charge in [0.15, 0.2) is 0 Å². The standard InChI is InChI=1S/C106H210N2O6/c1-22-32-40-48-57-67-78-91(11)103(87-30-9,108(90-77-88-107(21)101(112)114-102(18,19)20)89-76-66-56-65-75-86-99(109)113-98(31-10)85-74-64-55-47-39-29-8)105(94(14)81-70-60-51-43-35-25-4,95(15)82-71-61-52-44-36-26-5)106(96(16)83-72-62-53-45-37-27-6,97(17)84-73-63-54-46-38-28-7)104(100(110)111,92(12)79-68-58-49-41-33-23-2)93(13)80-69-59-50-42-34-24-3/h91-98H,22-90H2,1-21H3,(H,110,111). The predicted molar refractivity (Wildman–Crippen MR) is 504 cm³/mol. The zero-order valence-corrected chi connectivity index (χ0v) is 81.8. The van der Waals surface area contributed by atoms with Crippen LogP contribution >= 0.6 is 0 Å². The minimum absolute atomic E-state index is 0.0134. The number of carbonyl (C=O) groups excluding carboxylic acids is 2. The third kappa shape index (κ3) is 41.4. The molecule has 0 radical (unpaired) electrons. The van der Waals surface area contributed by atoms with E-state index in [-0.39, 0.29) is 59.6 Å². The number of rotatable bonds is 84. The summed E-state index contributed by atoms with van der Waals surface area (Å²) in [5.41, 5.74) is -3.29. The van der Waals surface area contributed by atoms with Crippen molar-refractivity contribution in [3.05, 3.63) is 0 Å². The summed E-state index contributed by atoms with van der Waals surface area (Å²) in [5.74, 6) is 0.379. The highest BCUT2D eigenvalue weighted by atomic mass is 16.6. The van der Waals surface area contributed by atoms with Crippen molar-refractivity contribution in [2.24, 2.45) is 57.7 Å². The molecule has 0 spiro atoms. The summed E-state index contributed by atoms with van der Waals surface area (Å²) in [6.07, 6.45) is 77.0. The molecule has 0 aromatic carbocycles. The average molecular weight is 1610 g/mol. The smallest absolute Gasteiger partial charge is 0.410 e. The maximum Gasteiger partial charge on any atom is 0.410 e. The van der Waals surface area contributed by atoms with Gasteiger partial charge in [-0.15, -0.1) is 0 Å². The highest BCUT2D eigenvalue weighted by Crippen LogP contribution is 2.78. The topological polar surface area (TPSA) is 96.4 Å². The van der Waals surface area contributed by atoms with Gasteiger partial charge < -0.3 is 19.5 Å². The van der Waals surface area contributed by atoms with Crippen LogP contribution in [0.25, 0.3) is 0 Å². The summed E-state index contributed by atoms with van der Waals surface area (Å²) in [5, 5.41) is 14.6. The molecule has 0 aromatic heterocycles. The monoisotopic (exact) mass is 1610 g/mol. The molecule has 8 heteroatoms. The molecule has 1 N–H and O–H groups in total. The number of hydrogen-bond donors (Lipinski definition) is 1. The second kappa shape index (κ2) is 70.7. The fraction of sp³-hybridized carbons (Fsp3) is 0.972. The van der Waals surface area contributed by atoms with E-state index in [1.165, 1.54) is 276 Å². The summed E-state index contributed by atoms with van der Waals surface area (Å²) in [6, 6.07) is 0. The third-order valence-corrected chi connectivity index (χ3v) is 29.1. The van der Waals surface area contributed by atoms with Gasteiger partial charge in [0.2, 0.25) is 0 Å². The Bertz CT molecular complexity index is 2110. The van der Waals surface area contributed by atoms with Crippen LogP contribution in [-0.4, -0.2) is 76.9 Å². The molecule has 0 bridgehead atoms. The summed E-state index contributed by atoms with van der Waals surface area (Å²) in [7, 11) is 1.98. The van der Waals surface area contributed by atoms with E-state index in [1.807, 2.05) is 32.7 Å². The molecule has 8 nitrogen and oxygen atoms in total. The predicted octanol–water partition coefficient (Wildman–Crippen LogP) is 35.2. The number of ether oxygens (including phenoxy) is 2. The Morgan fingerprint density at radius 3 is 0.886 bits per heavy atom. The van der Waals surface area contributed by atoms with Crippen molar-refractivity contribution in [1.82, 2.24) is 9.80 Å². The quantitative estimate of drug-likeness (QED) is 0.0479. The maximum absolute atomic E-state index is 17.7. The van der Waals surface area contributed by atoms with Crippen molar-refractivity contribution >= 4 is 18.0 Å². The first-order valence-corrected chi connectivity index (χ1v) is 52.0. The molecular formula is C106H210N2O6. The third-order valence-electron chi connectivity index (χ3n) is 29.1. The van der Waals surface area contributed by atoms with E-state index >= 15 is 4.79 Å². The minimum Gasteiger partial charge on any atom is -0.481 e. The highest BCUT2D eigenvalue weighted by molar-refractivity contribution is 5.77. The number of hydrogen-bond acceptors (Lipinski definition) is 6. The van der Waals surface area contributed by atoms with Gasteiger partial charge in [-0.2, -0.15) is 0 Å². The molecule has 680 valence electrons. The average Bonchev–Trinajstić information content (AvgIpc) is 0.653. The van der Waals surface area contributed by atoms with E-state index in [9.17, 15) is 14.7 Å². The number of carboxylic acids is 1. The van der Waals surface area contributed by atoms with Gasteiger partial charge in [-0.05, 0) is 138 Å². The zero-order chi connectivity index (χ0) is 85.2. The second-order valence-electron chi connectivity index (χ2n) is 39.6. The van der Waals surface area contributed by atoms with Crippen molar-refractivity contribution in [3.8, 4) is 0 Å². The molecule has 0 rings (SSSR count). The van der Waals surface area contributed by atoms with Gasteiger partial charge >= 0.3 is 18.0 Å². The number of carboxylic acid groups (broad SMARTS) is 1. The molecule has 9 unspecified atom stereocenters. The maximum atomic E-state index is 17.7. The van der Waals surface area contributed by atoms with Crippen molar-refractivity contribution in [2.45, 2.75) is 579 Å². The normalized spacial score (nSPS) is 16.5. The number of carbonyl (C=O) groups is 3. The fourth-order valence-corrected chi connectivity index (χ4v) is 23.4. The van der Waals surface area contributed by atoms with Crippen molar-refractivity contribution in [2.75, 3.05) is 26.7 Å². The van der Waals surface area contributed by atoms with Crippen LogP contribution in [0.5, 0.6) is 0 Å². The van der Waals surface area contributed by atoms with E-state index in [2.05, 4.69) is 123 Å². The van der Waals surface area contributed by atoms with Crippen LogP contribution in [0.15, 0.2) is 0 Å². The first-order valence-electron chi connectivity index (χ1n) is 52.0. The number of nitrogens with zero attached hydrogens (tertiary/aromatic N) is 2. The number of esters is 1. The van der Waals surface area contributed by atoms with Gasteiger partial charge in [0.25, 0.3) is 0 Å². The number of unbranched alkanes of at least 4 members (excludes halogenated alkanes) is 44. The Hall–Kier alpha value is -1.83. The fourth-order valence-electron chi connectivity index (χ4n) is 23.4. The van der Waals surface area contributed by atoms with Gasteiger partial charge in [0.05, 0.1) is 5.41 Å². The van der Waals surface area contributed by atoms with E-state index in [1.54, 1.807) is 0 Å². The van der Waals surface area contributed by atoms with Gasteiger partial charge in [-0.1, -0.05) is 471 Å². The Balaban J connectivity index is 10.9. The van der Waals surface area contributed by atoms with E-state index in [0.717, 1.165) is 154 Å². The molecule has 0 heterocycles. The first kappa shape index (κ1) is 112. The second-order valence-corrected chi connectivity index (χ2v) is 39.6. The highest BCUT2D eigenvalue weighted by Gasteiger charge is 2.79. The molecular weight excluding hydrogens is 1400 g/mol. The summed E-state index contributed by atoms with van der Waals surface area (Å²) < 4.78 is 12.5. The van der Waals surface area contributed by atoms with Crippen molar-refractivity contribution in [1.29, 1.82) is 0 Å². The van der Waals surface area contributed by atoms with Crippen LogP contribution in [0.4, 0.5) is 4.79 Å². The summed E-state index contributed by atoms with van der Waals surface area (Å²) >= 11 is 0. The van der Waals surface area contributed by atoms with Gasteiger partial charge in [0.1, 0.15) is 11.7 Å². The summed E-state index contributed by atoms with van der Waals surface area (Å²) in [6.45, 7) is 51.3. The van der Waals surface area contributed by atoms with Crippen LogP contribution < -0.4 is 0 Å². The minimum atomic E-state index is -1.07. The van der Waals surface area contributed by atoms with E-state index in [4.69, 9.17) is 9.47 Å². The lowest BCUT2D eigenvalue weighted by Crippen LogP contribution is -2.80. The molecule has 1 amide bonds. The van der Waals surface area contributed by atoms with E-state index in [0.29, 0.717) is 13.0 Å². The molecule has 0 aromatic rings. The first-order chi connectivity index (χ1) is 54.9. The molecule has 0 aliphatic heterocycles. The van der Waals surface area contributed by atoms with Gasteiger partial charge in [-0.25, -0.2) is 4.79 Å².